The van der Waals surface area contributed by atoms with E-state index in [0.717, 1.165) is 25.0 Å². The molecule has 0 amide bonds. The number of benzene rings is 1. The summed E-state index contributed by atoms with van der Waals surface area (Å²) in [5.41, 5.74) is 5.73. The minimum Gasteiger partial charge on any atom is -0.179 e. The fourth-order valence-corrected chi connectivity index (χ4v) is 2.18. The van der Waals surface area contributed by atoms with Crippen molar-refractivity contribution in [2.24, 2.45) is 0 Å². The first-order chi connectivity index (χ1) is 7.72. The fourth-order valence-electron chi connectivity index (χ4n) is 2.03. The van der Waals surface area contributed by atoms with Crippen molar-refractivity contribution in [3.05, 3.63) is 40.5 Å². The molecule has 0 bridgehead atoms. The van der Waals surface area contributed by atoms with Gasteiger partial charge in [-0.05, 0) is 48.6 Å². The van der Waals surface area contributed by atoms with E-state index in [1.807, 2.05) is 0 Å². The molecule has 0 saturated heterocycles. The highest BCUT2D eigenvalue weighted by molar-refractivity contribution is 7.80. The SMILES string of the molecule is CCc1cc(C)cc(CC)c1C=CCCS. The zero-order valence-corrected chi connectivity index (χ0v) is 11.5. The Morgan fingerprint density at radius 3 is 2.12 bits per heavy atom. The van der Waals surface area contributed by atoms with Crippen LogP contribution in [0.2, 0.25) is 0 Å². The topological polar surface area (TPSA) is 0 Å². The third-order valence-electron chi connectivity index (χ3n) is 2.84. The van der Waals surface area contributed by atoms with E-state index >= 15 is 0 Å². The van der Waals surface area contributed by atoms with Gasteiger partial charge in [0, 0.05) is 0 Å². The Bertz CT molecular complexity index is 339. The molecule has 1 aromatic carbocycles. The molecule has 1 rings (SSSR count). The van der Waals surface area contributed by atoms with Gasteiger partial charge in [0.2, 0.25) is 0 Å². The largest absolute Gasteiger partial charge is 0.179 e. The average Bonchev–Trinajstić information content (AvgIpc) is 2.30. The molecule has 88 valence electrons. The lowest BCUT2D eigenvalue weighted by Gasteiger charge is -2.11. The van der Waals surface area contributed by atoms with Gasteiger partial charge in [-0.2, -0.15) is 12.6 Å². The Morgan fingerprint density at radius 1 is 1.12 bits per heavy atom. The zero-order valence-electron chi connectivity index (χ0n) is 10.6. The second-order valence-electron chi connectivity index (χ2n) is 4.12. The van der Waals surface area contributed by atoms with Crippen LogP contribution in [0.25, 0.3) is 6.08 Å². The van der Waals surface area contributed by atoms with E-state index in [-0.39, 0.29) is 0 Å². The molecule has 0 fully saturated rings. The highest BCUT2D eigenvalue weighted by Gasteiger charge is 2.04. The first-order valence-corrected chi connectivity index (χ1v) is 6.75. The minimum atomic E-state index is 0.922. The molecular weight excluding hydrogens is 212 g/mol. The maximum atomic E-state index is 4.23. The molecule has 0 aromatic heterocycles. The Hall–Kier alpha value is -0.690. The summed E-state index contributed by atoms with van der Waals surface area (Å²) >= 11 is 4.23. The van der Waals surface area contributed by atoms with Gasteiger partial charge in [0.15, 0.2) is 0 Å². The molecule has 0 N–H and O–H groups in total. The summed E-state index contributed by atoms with van der Waals surface area (Å²) in [6.07, 6.45) is 7.76. The second-order valence-corrected chi connectivity index (χ2v) is 4.57. The van der Waals surface area contributed by atoms with Crippen LogP contribution in [-0.4, -0.2) is 5.75 Å². The van der Waals surface area contributed by atoms with Crippen LogP contribution >= 0.6 is 12.6 Å². The van der Waals surface area contributed by atoms with Crippen LogP contribution in [0.4, 0.5) is 0 Å². The van der Waals surface area contributed by atoms with Crippen LogP contribution < -0.4 is 0 Å². The normalized spacial score (nSPS) is 11.2. The first-order valence-electron chi connectivity index (χ1n) is 6.12. The molecular formula is C15H22S. The predicted molar refractivity (Wildman–Crippen MR) is 77.4 cm³/mol. The molecule has 0 aliphatic heterocycles. The van der Waals surface area contributed by atoms with Gasteiger partial charge < -0.3 is 0 Å². The van der Waals surface area contributed by atoms with Gasteiger partial charge in [0.05, 0.1) is 0 Å². The zero-order chi connectivity index (χ0) is 12.0. The molecule has 0 radical (unpaired) electrons. The van der Waals surface area contributed by atoms with Crippen molar-refractivity contribution in [1.82, 2.24) is 0 Å². The number of allylic oxidation sites excluding steroid dienone is 1. The molecule has 0 aliphatic rings. The molecule has 16 heavy (non-hydrogen) atoms. The lowest BCUT2D eigenvalue weighted by Crippen LogP contribution is -1.95. The van der Waals surface area contributed by atoms with Crippen molar-refractivity contribution in [2.75, 3.05) is 5.75 Å². The van der Waals surface area contributed by atoms with Gasteiger partial charge in [-0.3, -0.25) is 0 Å². The van der Waals surface area contributed by atoms with E-state index in [9.17, 15) is 0 Å². The summed E-state index contributed by atoms with van der Waals surface area (Å²) in [4.78, 5) is 0. The smallest absolute Gasteiger partial charge is 0.00632 e. The maximum absolute atomic E-state index is 4.23. The second kappa shape index (κ2) is 6.80. The quantitative estimate of drug-likeness (QED) is 0.715. The third-order valence-corrected chi connectivity index (χ3v) is 3.10. The summed E-state index contributed by atoms with van der Waals surface area (Å²) in [5.74, 6) is 0.922. The summed E-state index contributed by atoms with van der Waals surface area (Å²) in [6.45, 7) is 6.63. The van der Waals surface area contributed by atoms with Crippen molar-refractivity contribution >= 4 is 18.7 Å². The Labute approximate surface area is 105 Å². The molecule has 0 atom stereocenters. The Balaban J connectivity index is 3.11. The highest BCUT2D eigenvalue weighted by Crippen LogP contribution is 2.21. The Morgan fingerprint density at radius 2 is 1.69 bits per heavy atom. The standard InChI is InChI=1S/C15H22S/c1-4-13-10-12(3)11-14(5-2)15(13)8-6-7-9-16/h6,8,10-11,16H,4-5,7,9H2,1-3H3. The first kappa shape index (κ1) is 13.4. The highest BCUT2D eigenvalue weighted by atomic mass is 32.1. The van der Waals surface area contributed by atoms with E-state index in [1.165, 1.54) is 22.3 Å². The molecule has 0 unspecified atom stereocenters. The van der Waals surface area contributed by atoms with Crippen molar-refractivity contribution in [1.29, 1.82) is 0 Å². The molecule has 0 nitrogen and oxygen atoms in total. The number of hydrogen-bond acceptors (Lipinski definition) is 1. The van der Waals surface area contributed by atoms with Crippen molar-refractivity contribution < 1.29 is 0 Å². The van der Waals surface area contributed by atoms with Crippen molar-refractivity contribution in [3.63, 3.8) is 0 Å². The lowest BCUT2D eigenvalue weighted by atomic mass is 9.94. The van der Waals surface area contributed by atoms with Crippen LogP contribution in [0, 0.1) is 6.92 Å². The summed E-state index contributed by atoms with van der Waals surface area (Å²) in [7, 11) is 0. The summed E-state index contributed by atoms with van der Waals surface area (Å²) < 4.78 is 0. The van der Waals surface area contributed by atoms with Crippen molar-refractivity contribution in [2.45, 2.75) is 40.0 Å². The van der Waals surface area contributed by atoms with Crippen LogP contribution in [0.3, 0.4) is 0 Å². The molecule has 0 aliphatic carbocycles. The van der Waals surface area contributed by atoms with Gasteiger partial charge >= 0.3 is 0 Å². The van der Waals surface area contributed by atoms with Gasteiger partial charge in [-0.1, -0.05) is 43.7 Å². The fraction of sp³-hybridized carbons (Fsp3) is 0.467. The molecule has 1 heteroatoms. The monoisotopic (exact) mass is 234 g/mol. The van der Waals surface area contributed by atoms with E-state index in [0.29, 0.717) is 0 Å². The van der Waals surface area contributed by atoms with Gasteiger partial charge in [0.1, 0.15) is 0 Å². The van der Waals surface area contributed by atoms with Gasteiger partial charge in [0.25, 0.3) is 0 Å². The lowest BCUT2D eigenvalue weighted by molar-refractivity contribution is 1.06. The third kappa shape index (κ3) is 3.41. The average molecular weight is 234 g/mol. The number of hydrogen-bond donors (Lipinski definition) is 1. The molecule has 0 spiro atoms. The maximum Gasteiger partial charge on any atom is -0.00632 e. The number of thiol groups is 1. The van der Waals surface area contributed by atoms with Crippen LogP contribution in [0.1, 0.15) is 42.5 Å². The van der Waals surface area contributed by atoms with Gasteiger partial charge in [-0.25, -0.2) is 0 Å². The van der Waals surface area contributed by atoms with Crippen molar-refractivity contribution in [3.8, 4) is 0 Å². The van der Waals surface area contributed by atoms with E-state index in [4.69, 9.17) is 0 Å². The molecule has 1 aromatic rings. The Kier molecular flexibility index (Phi) is 5.68. The van der Waals surface area contributed by atoms with Gasteiger partial charge in [-0.15, -0.1) is 0 Å². The van der Waals surface area contributed by atoms with Crippen LogP contribution in [-0.2, 0) is 12.8 Å². The van der Waals surface area contributed by atoms with E-state index in [1.54, 1.807) is 0 Å². The van der Waals surface area contributed by atoms with E-state index in [2.05, 4.69) is 57.7 Å². The molecule has 0 heterocycles. The minimum absolute atomic E-state index is 0.922. The van der Waals surface area contributed by atoms with Crippen LogP contribution in [0.15, 0.2) is 18.2 Å². The van der Waals surface area contributed by atoms with Crippen LogP contribution in [0.5, 0.6) is 0 Å². The molecule has 0 saturated carbocycles. The number of rotatable bonds is 5. The number of aryl methyl sites for hydroxylation is 3. The summed E-state index contributed by atoms with van der Waals surface area (Å²) in [5, 5.41) is 0. The predicted octanol–water partition coefficient (Wildman–Crippen LogP) is 4.45. The van der Waals surface area contributed by atoms with E-state index < -0.39 is 0 Å². The summed E-state index contributed by atoms with van der Waals surface area (Å²) in [6, 6.07) is 4.61.